The van der Waals surface area contributed by atoms with E-state index >= 15 is 0 Å². The number of alkyl halides is 2. The van der Waals surface area contributed by atoms with Gasteiger partial charge in [0.25, 0.3) is 11.8 Å². The Kier molecular flexibility index (Phi) is 11.9. The number of carbonyl (C=O) groups excluding carboxylic acids is 3. The van der Waals surface area contributed by atoms with Gasteiger partial charge in [0.05, 0.1) is 45.3 Å². The van der Waals surface area contributed by atoms with Crippen LogP contribution in [0.3, 0.4) is 0 Å². The standard InChI is InChI=1S/C34H34Cl2F2N6O6S/c1-2-50-33(47)28(14-21-7-9-23(10-8-21)41-32(46)30-26(35)17-40-18-27(30)36)42-31(45)29-15-24(43-12-4-11-34(37,38)20-43)19-44(29)51(48,49)25-6-3-5-22(13-25)16-39/h3,5-10,13,17-18,24,28-29H,2,4,11-12,14-15,19-20H2,1H3,(H,41,46)(H,42,45)/t24-,28?,29?/m1/s1. The molecule has 12 nitrogen and oxygen atoms in total. The first-order valence-electron chi connectivity index (χ1n) is 16.0. The van der Waals surface area contributed by atoms with Gasteiger partial charge in [-0.05, 0) is 62.2 Å². The molecule has 5 rings (SSSR count). The molecule has 51 heavy (non-hydrogen) atoms. The fourth-order valence-electron chi connectivity index (χ4n) is 6.21. The molecule has 1 aromatic heterocycles. The van der Waals surface area contributed by atoms with Crippen LogP contribution in [0.1, 0.15) is 47.7 Å². The molecule has 2 saturated heterocycles. The molecular weight excluding hydrogens is 729 g/mol. The minimum Gasteiger partial charge on any atom is -0.464 e. The van der Waals surface area contributed by atoms with Crippen molar-refractivity contribution in [2.24, 2.45) is 0 Å². The minimum absolute atomic E-state index is 0.000704. The fraction of sp³-hybridized carbons (Fsp3) is 0.382. The Morgan fingerprint density at radius 2 is 1.84 bits per heavy atom. The Hall–Kier alpha value is -4.20. The molecule has 2 aliphatic heterocycles. The number of piperidine rings is 1. The van der Waals surface area contributed by atoms with Gasteiger partial charge in [-0.1, -0.05) is 41.4 Å². The largest absolute Gasteiger partial charge is 0.464 e. The number of sulfonamides is 1. The number of pyridine rings is 1. The summed E-state index contributed by atoms with van der Waals surface area (Å²) >= 11 is 12.2. The van der Waals surface area contributed by atoms with Crippen molar-refractivity contribution in [3.63, 3.8) is 0 Å². The van der Waals surface area contributed by atoms with Crippen LogP contribution < -0.4 is 10.6 Å². The van der Waals surface area contributed by atoms with E-state index in [9.17, 15) is 36.8 Å². The van der Waals surface area contributed by atoms with E-state index in [4.69, 9.17) is 27.9 Å². The zero-order valence-electron chi connectivity index (χ0n) is 27.3. The molecule has 0 saturated carbocycles. The molecule has 2 amide bonds. The summed E-state index contributed by atoms with van der Waals surface area (Å²) in [5, 5.41) is 14.8. The second-order valence-electron chi connectivity index (χ2n) is 12.2. The molecule has 3 heterocycles. The van der Waals surface area contributed by atoms with E-state index in [1.165, 1.54) is 41.6 Å². The van der Waals surface area contributed by atoms with Crippen molar-refractivity contribution in [1.29, 1.82) is 5.26 Å². The zero-order valence-corrected chi connectivity index (χ0v) is 29.6. The average molecular weight is 764 g/mol. The van der Waals surface area contributed by atoms with Gasteiger partial charge in [0.2, 0.25) is 15.9 Å². The summed E-state index contributed by atoms with van der Waals surface area (Å²) in [4.78, 5) is 45.0. The quantitative estimate of drug-likeness (QED) is 0.265. The van der Waals surface area contributed by atoms with Gasteiger partial charge in [0.1, 0.15) is 12.1 Å². The molecule has 3 aromatic rings. The molecule has 2 N–H and O–H groups in total. The molecule has 2 aliphatic rings. The highest BCUT2D eigenvalue weighted by atomic mass is 35.5. The number of ether oxygens (including phenoxy) is 1. The van der Waals surface area contributed by atoms with Gasteiger partial charge >= 0.3 is 5.97 Å². The topological polar surface area (TPSA) is 162 Å². The lowest BCUT2D eigenvalue weighted by Crippen LogP contribution is -2.51. The molecule has 0 radical (unpaired) electrons. The van der Waals surface area contributed by atoms with Crippen LogP contribution in [0.4, 0.5) is 14.5 Å². The third-order valence-corrected chi connectivity index (χ3v) is 11.1. The van der Waals surface area contributed by atoms with Crippen LogP contribution in [0.25, 0.3) is 0 Å². The Morgan fingerprint density at radius 3 is 2.49 bits per heavy atom. The summed E-state index contributed by atoms with van der Waals surface area (Å²) in [5.41, 5.74) is 1.07. The van der Waals surface area contributed by atoms with Crippen LogP contribution in [0, 0.1) is 11.3 Å². The second-order valence-corrected chi connectivity index (χ2v) is 14.9. The average Bonchev–Trinajstić information content (AvgIpc) is 3.55. The smallest absolute Gasteiger partial charge is 0.328 e. The Morgan fingerprint density at radius 1 is 1.14 bits per heavy atom. The first-order chi connectivity index (χ1) is 24.2. The first kappa shape index (κ1) is 38.0. The predicted molar refractivity (Wildman–Crippen MR) is 184 cm³/mol. The van der Waals surface area contributed by atoms with Crippen molar-refractivity contribution in [2.75, 3.05) is 31.6 Å². The molecule has 0 bridgehead atoms. The van der Waals surface area contributed by atoms with E-state index < -0.39 is 58.4 Å². The monoisotopic (exact) mass is 762 g/mol. The Labute approximate surface area is 303 Å². The summed E-state index contributed by atoms with van der Waals surface area (Å²) in [5.74, 6) is -5.12. The van der Waals surface area contributed by atoms with Gasteiger partial charge in [0, 0.05) is 43.5 Å². The number of carbonyl (C=O) groups is 3. The Balaban J connectivity index is 1.37. The maximum Gasteiger partial charge on any atom is 0.328 e. The molecule has 17 heteroatoms. The molecule has 2 unspecified atom stereocenters. The molecule has 270 valence electrons. The molecule has 2 aromatic carbocycles. The summed E-state index contributed by atoms with van der Waals surface area (Å²) < 4.78 is 62.9. The van der Waals surface area contributed by atoms with E-state index in [0.29, 0.717) is 17.8 Å². The zero-order chi connectivity index (χ0) is 36.9. The van der Waals surface area contributed by atoms with Crippen LogP contribution in [-0.4, -0.2) is 90.7 Å². The maximum absolute atomic E-state index is 14.4. The SMILES string of the molecule is CCOC(=O)C(Cc1ccc(NC(=O)c2c(Cl)cncc2Cl)cc1)NC(=O)C1C[C@@H](N2CCCC(F)(F)C2)CN1S(=O)(=O)c1cccc(C#N)c1. The second kappa shape index (κ2) is 16.0. The number of hydrogen-bond acceptors (Lipinski definition) is 9. The van der Waals surface area contributed by atoms with E-state index in [1.54, 1.807) is 31.2 Å². The lowest BCUT2D eigenvalue weighted by Gasteiger charge is -2.36. The van der Waals surface area contributed by atoms with Crippen molar-refractivity contribution in [2.45, 2.75) is 61.6 Å². The highest BCUT2D eigenvalue weighted by Crippen LogP contribution is 2.34. The van der Waals surface area contributed by atoms with Crippen molar-refractivity contribution < 1.29 is 36.3 Å². The van der Waals surface area contributed by atoms with Crippen molar-refractivity contribution in [3.8, 4) is 6.07 Å². The van der Waals surface area contributed by atoms with Gasteiger partial charge in [-0.15, -0.1) is 0 Å². The maximum atomic E-state index is 14.4. The number of nitrogens with zero attached hydrogens (tertiary/aromatic N) is 4. The number of benzene rings is 2. The molecular formula is C34H34Cl2F2N6O6S. The van der Waals surface area contributed by atoms with Gasteiger partial charge in [-0.2, -0.15) is 9.57 Å². The number of esters is 1. The van der Waals surface area contributed by atoms with Crippen molar-refractivity contribution in [1.82, 2.24) is 19.5 Å². The number of nitriles is 1. The third kappa shape index (κ3) is 9.00. The Bertz CT molecular complexity index is 1930. The molecule has 0 aliphatic carbocycles. The van der Waals surface area contributed by atoms with Crippen LogP contribution in [0.2, 0.25) is 10.0 Å². The van der Waals surface area contributed by atoms with E-state index in [-0.39, 0.29) is 64.9 Å². The van der Waals surface area contributed by atoms with Crippen LogP contribution in [0.5, 0.6) is 0 Å². The summed E-state index contributed by atoms with van der Waals surface area (Å²) in [6.45, 7) is 1.07. The molecule has 0 spiro atoms. The number of hydrogen-bond donors (Lipinski definition) is 2. The number of nitrogens with one attached hydrogen (secondary N) is 2. The summed E-state index contributed by atoms with van der Waals surface area (Å²) in [7, 11) is -4.39. The lowest BCUT2D eigenvalue weighted by atomic mass is 10.0. The van der Waals surface area contributed by atoms with Crippen LogP contribution in [0.15, 0.2) is 65.8 Å². The fourth-order valence-corrected chi connectivity index (χ4v) is 8.43. The molecule has 2 fully saturated rings. The van der Waals surface area contributed by atoms with Gasteiger partial charge in [-0.3, -0.25) is 19.5 Å². The number of likely N-dealkylation sites (tertiary alicyclic amines) is 1. The number of rotatable bonds is 11. The summed E-state index contributed by atoms with van der Waals surface area (Å²) in [6.07, 6.45) is 2.32. The predicted octanol–water partition coefficient (Wildman–Crippen LogP) is 4.67. The molecule has 3 atom stereocenters. The first-order valence-corrected chi connectivity index (χ1v) is 18.2. The van der Waals surface area contributed by atoms with Gasteiger partial charge in [0.15, 0.2) is 0 Å². The van der Waals surface area contributed by atoms with Gasteiger partial charge < -0.3 is 15.4 Å². The number of aromatic nitrogens is 1. The van der Waals surface area contributed by atoms with Gasteiger partial charge in [-0.25, -0.2) is 22.0 Å². The lowest BCUT2D eigenvalue weighted by molar-refractivity contribution is -0.147. The summed E-state index contributed by atoms with van der Waals surface area (Å²) in [6, 6.07) is 10.3. The van der Waals surface area contributed by atoms with E-state index in [1.807, 2.05) is 6.07 Å². The van der Waals surface area contributed by atoms with Crippen LogP contribution >= 0.6 is 23.2 Å². The van der Waals surface area contributed by atoms with Crippen LogP contribution in [-0.2, 0) is 30.8 Å². The normalized spacial score (nSPS) is 19.8. The van der Waals surface area contributed by atoms with Crippen molar-refractivity contribution >= 4 is 56.7 Å². The number of anilines is 1. The van der Waals surface area contributed by atoms with E-state index in [0.717, 1.165) is 4.31 Å². The number of halogens is 4. The van der Waals surface area contributed by atoms with Crippen molar-refractivity contribution in [3.05, 3.63) is 87.7 Å². The van der Waals surface area contributed by atoms with E-state index in [2.05, 4.69) is 15.6 Å². The highest BCUT2D eigenvalue weighted by molar-refractivity contribution is 7.89. The number of amides is 2. The minimum atomic E-state index is -4.39. The highest BCUT2D eigenvalue weighted by Gasteiger charge is 2.48. The third-order valence-electron chi connectivity index (χ3n) is 8.66.